The van der Waals surface area contributed by atoms with Crippen LogP contribution in [0.5, 0.6) is 11.5 Å². The molecule has 0 aliphatic carbocycles. The van der Waals surface area contributed by atoms with Crippen LogP contribution in [0.4, 0.5) is 0 Å². The normalized spacial score (nSPS) is 9.94. The van der Waals surface area contributed by atoms with Crippen LogP contribution in [0.1, 0.15) is 5.56 Å². The largest absolute Gasteiger partial charge is 0.496 e. The molecule has 0 saturated carbocycles. The number of rotatable bonds is 3. The second-order valence-electron chi connectivity index (χ2n) is 3.68. The van der Waals surface area contributed by atoms with E-state index in [2.05, 4.69) is 6.07 Å². The van der Waals surface area contributed by atoms with Gasteiger partial charge in [0, 0.05) is 10.8 Å². The minimum Gasteiger partial charge on any atom is -0.496 e. The summed E-state index contributed by atoms with van der Waals surface area (Å²) in [7, 11) is 3.28. The van der Waals surface area contributed by atoms with Crippen molar-refractivity contribution in [3.05, 3.63) is 35.9 Å². The van der Waals surface area contributed by atoms with Gasteiger partial charge in [-0.15, -0.1) is 0 Å². The van der Waals surface area contributed by atoms with E-state index in [1.165, 1.54) is 0 Å². The maximum absolute atomic E-state index is 8.71. The van der Waals surface area contributed by atoms with Crippen LogP contribution < -0.4 is 9.47 Å². The Morgan fingerprint density at radius 2 is 1.65 bits per heavy atom. The van der Waals surface area contributed by atoms with E-state index in [-0.39, 0.29) is 0 Å². The average Bonchev–Trinajstić information content (AvgIpc) is 2.37. The van der Waals surface area contributed by atoms with Gasteiger partial charge in [-0.2, -0.15) is 5.26 Å². The number of ether oxygens (including phenoxy) is 2. The highest BCUT2D eigenvalue weighted by Gasteiger charge is 2.07. The fourth-order valence-electron chi connectivity index (χ4n) is 1.90. The second-order valence-corrected chi connectivity index (χ2v) is 3.68. The fourth-order valence-corrected chi connectivity index (χ4v) is 1.90. The third kappa shape index (κ3) is 2.02. The molecule has 3 heteroatoms. The highest BCUT2D eigenvalue weighted by molar-refractivity contribution is 5.93. The summed E-state index contributed by atoms with van der Waals surface area (Å²) in [6, 6.07) is 11.8. The molecule has 86 valence electrons. The van der Waals surface area contributed by atoms with Gasteiger partial charge in [-0.05, 0) is 23.8 Å². The van der Waals surface area contributed by atoms with Gasteiger partial charge in [0.05, 0.1) is 26.7 Å². The van der Waals surface area contributed by atoms with E-state index in [1.807, 2.05) is 30.3 Å². The van der Waals surface area contributed by atoms with Crippen LogP contribution >= 0.6 is 0 Å². The van der Waals surface area contributed by atoms with Gasteiger partial charge in [0.1, 0.15) is 11.5 Å². The van der Waals surface area contributed by atoms with Crippen LogP contribution in [0.3, 0.4) is 0 Å². The van der Waals surface area contributed by atoms with E-state index in [4.69, 9.17) is 14.7 Å². The molecule has 0 bridgehead atoms. The van der Waals surface area contributed by atoms with Gasteiger partial charge in [0.25, 0.3) is 0 Å². The molecule has 17 heavy (non-hydrogen) atoms. The Bertz CT molecular complexity index is 585. The molecule has 0 aliphatic rings. The van der Waals surface area contributed by atoms with Gasteiger partial charge in [-0.3, -0.25) is 0 Å². The first-order valence-corrected chi connectivity index (χ1v) is 5.30. The molecule has 0 unspecified atom stereocenters. The molecule has 0 N–H and O–H groups in total. The third-order valence-corrected chi connectivity index (χ3v) is 2.72. The predicted molar refractivity (Wildman–Crippen MR) is 66.4 cm³/mol. The van der Waals surface area contributed by atoms with Crippen molar-refractivity contribution < 1.29 is 9.47 Å². The summed E-state index contributed by atoms with van der Waals surface area (Å²) in [5, 5.41) is 10.7. The van der Waals surface area contributed by atoms with E-state index in [9.17, 15) is 0 Å². The van der Waals surface area contributed by atoms with Crippen molar-refractivity contribution in [1.29, 1.82) is 5.26 Å². The minimum absolute atomic E-state index is 0.399. The molecular weight excluding hydrogens is 214 g/mol. The molecule has 2 aromatic rings. The van der Waals surface area contributed by atoms with Crippen molar-refractivity contribution in [1.82, 2.24) is 0 Å². The Kier molecular flexibility index (Phi) is 3.15. The van der Waals surface area contributed by atoms with Gasteiger partial charge in [0.15, 0.2) is 0 Å². The quantitative estimate of drug-likeness (QED) is 0.809. The molecule has 0 saturated heterocycles. The lowest BCUT2D eigenvalue weighted by Gasteiger charge is -2.10. The zero-order valence-electron chi connectivity index (χ0n) is 9.86. The predicted octanol–water partition coefficient (Wildman–Crippen LogP) is 2.92. The third-order valence-electron chi connectivity index (χ3n) is 2.72. The molecule has 0 aromatic heterocycles. The van der Waals surface area contributed by atoms with E-state index >= 15 is 0 Å². The number of hydrogen-bond acceptors (Lipinski definition) is 3. The number of methoxy groups -OCH3 is 2. The summed E-state index contributed by atoms with van der Waals surface area (Å²) >= 11 is 0. The van der Waals surface area contributed by atoms with Gasteiger partial charge in [-0.1, -0.05) is 12.1 Å². The van der Waals surface area contributed by atoms with Crippen molar-refractivity contribution in [3.8, 4) is 17.6 Å². The highest BCUT2D eigenvalue weighted by Crippen LogP contribution is 2.33. The lowest BCUT2D eigenvalue weighted by Crippen LogP contribution is -1.91. The van der Waals surface area contributed by atoms with Gasteiger partial charge in [-0.25, -0.2) is 0 Å². The highest BCUT2D eigenvalue weighted by atomic mass is 16.5. The minimum atomic E-state index is 0.399. The van der Waals surface area contributed by atoms with Crippen molar-refractivity contribution in [2.24, 2.45) is 0 Å². The van der Waals surface area contributed by atoms with Gasteiger partial charge in [0.2, 0.25) is 0 Å². The summed E-state index contributed by atoms with van der Waals surface area (Å²) in [5.41, 5.74) is 0.978. The lowest BCUT2D eigenvalue weighted by atomic mass is 10.0. The molecular formula is C14H13NO2. The van der Waals surface area contributed by atoms with Crippen molar-refractivity contribution in [2.75, 3.05) is 14.2 Å². The standard InChI is InChI=1S/C14H13NO2/c1-16-13-5-6-14(17-2)12-9-10(7-8-15)3-4-11(12)13/h3-6,9H,7H2,1-2H3. The Morgan fingerprint density at radius 1 is 1.00 bits per heavy atom. The first kappa shape index (κ1) is 11.3. The number of benzene rings is 2. The summed E-state index contributed by atoms with van der Waals surface area (Å²) in [6.07, 6.45) is 0.399. The Morgan fingerprint density at radius 3 is 2.24 bits per heavy atom. The fraction of sp³-hybridized carbons (Fsp3) is 0.214. The number of hydrogen-bond donors (Lipinski definition) is 0. The molecule has 0 radical (unpaired) electrons. The van der Waals surface area contributed by atoms with E-state index in [1.54, 1.807) is 14.2 Å². The monoisotopic (exact) mass is 227 g/mol. The number of nitrogens with zero attached hydrogens (tertiary/aromatic N) is 1. The molecule has 0 atom stereocenters. The van der Waals surface area contributed by atoms with Crippen LogP contribution in [0.15, 0.2) is 30.3 Å². The van der Waals surface area contributed by atoms with Crippen molar-refractivity contribution >= 4 is 10.8 Å². The molecule has 0 spiro atoms. The zero-order valence-corrected chi connectivity index (χ0v) is 9.86. The first-order valence-electron chi connectivity index (χ1n) is 5.30. The molecule has 2 rings (SSSR count). The van der Waals surface area contributed by atoms with Crippen LogP contribution in [0, 0.1) is 11.3 Å². The number of fused-ring (bicyclic) bond motifs is 1. The molecule has 0 heterocycles. The smallest absolute Gasteiger partial charge is 0.126 e. The Balaban J connectivity index is 2.69. The van der Waals surface area contributed by atoms with Crippen LogP contribution in [0.2, 0.25) is 0 Å². The van der Waals surface area contributed by atoms with Gasteiger partial charge < -0.3 is 9.47 Å². The zero-order chi connectivity index (χ0) is 12.3. The molecule has 3 nitrogen and oxygen atoms in total. The molecule has 0 fully saturated rings. The molecule has 0 amide bonds. The summed E-state index contributed by atoms with van der Waals surface area (Å²) in [6.45, 7) is 0. The van der Waals surface area contributed by atoms with Crippen LogP contribution in [0.25, 0.3) is 10.8 Å². The SMILES string of the molecule is COc1ccc(OC)c2cc(CC#N)ccc12. The van der Waals surface area contributed by atoms with Crippen molar-refractivity contribution in [2.45, 2.75) is 6.42 Å². The topological polar surface area (TPSA) is 42.2 Å². The first-order chi connectivity index (χ1) is 8.30. The lowest BCUT2D eigenvalue weighted by molar-refractivity contribution is 0.410. The maximum Gasteiger partial charge on any atom is 0.126 e. The maximum atomic E-state index is 8.71. The number of nitriles is 1. The summed E-state index contributed by atoms with van der Waals surface area (Å²) in [5.74, 6) is 1.60. The average molecular weight is 227 g/mol. The molecule has 2 aromatic carbocycles. The van der Waals surface area contributed by atoms with E-state index < -0.39 is 0 Å². The molecule has 0 aliphatic heterocycles. The van der Waals surface area contributed by atoms with E-state index in [0.29, 0.717) is 6.42 Å². The Hall–Kier alpha value is -2.21. The Labute approximate surface area is 100 Å². The summed E-state index contributed by atoms with van der Waals surface area (Å²) < 4.78 is 10.6. The van der Waals surface area contributed by atoms with Crippen LogP contribution in [-0.2, 0) is 6.42 Å². The van der Waals surface area contributed by atoms with Crippen molar-refractivity contribution in [3.63, 3.8) is 0 Å². The van der Waals surface area contributed by atoms with Gasteiger partial charge >= 0.3 is 0 Å². The van der Waals surface area contributed by atoms with E-state index in [0.717, 1.165) is 27.8 Å². The van der Waals surface area contributed by atoms with Crippen LogP contribution in [-0.4, -0.2) is 14.2 Å². The summed E-state index contributed by atoms with van der Waals surface area (Å²) in [4.78, 5) is 0. The second kappa shape index (κ2) is 4.75.